The molecule has 0 unspecified atom stereocenters. The highest BCUT2D eigenvalue weighted by Crippen LogP contribution is 2.36. The summed E-state index contributed by atoms with van der Waals surface area (Å²) in [5.41, 5.74) is 1.35. The van der Waals surface area contributed by atoms with E-state index in [9.17, 15) is 23.2 Å². The zero-order valence-corrected chi connectivity index (χ0v) is 23.9. The van der Waals surface area contributed by atoms with Crippen LogP contribution in [0.4, 0.5) is 8.78 Å². The molecular formula is C33H37F2N3O3. The minimum absolute atomic E-state index is 0.0903. The van der Waals surface area contributed by atoms with Crippen molar-refractivity contribution in [3.8, 4) is 0 Å². The summed E-state index contributed by atoms with van der Waals surface area (Å²) in [6.45, 7) is 7.03. The molecular weight excluding hydrogens is 524 g/mol. The molecule has 3 aromatic carbocycles. The van der Waals surface area contributed by atoms with Gasteiger partial charge in [-0.05, 0) is 47.7 Å². The molecule has 3 aromatic rings. The number of hydrogen-bond acceptors (Lipinski definition) is 4. The van der Waals surface area contributed by atoms with Crippen molar-refractivity contribution in [2.45, 2.75) is 51.6 Å². The monoisotopic (exact) mass is 561 g/mol. The molecule has 4 atom stereocenters. The van der Waals surface area contributed by atoms with E-state index >= 15 is 0 Å². The molecule has 2 saturated heterocycles. The Morgan fingerprint density at radius 1 is 0.902 bits per heavy atom. The first-order chi connectivity index (χ1) is 19.7. The Hall–Kier alpha value is -3.65. The van der Waals surface area contributed by atoms with Gasteiger partial charge < -0.3 is 9.80 Å². The second-order valence-corrected chi connectivity index (χ2v) is 11.4. The fourth-order valence-electron chi connectivity index (χ4n) is 6.56. The second kappa shape index (κ2) is 12.1. The average Bonchev–Trinajstić information content (AvgIpc) is 3.40. The number of likely N-dealkylation sites (tertiary alicyclic amines) is 1. The Bertz CT molecular complexity index is 1460. The van der Waals surface area contributed by atoms with Gasteiger partial charge in [-0.25, -0.2) is 8.78 Å². The van der Waals surface area contributed by atoms with Gasteiger partial charge >= 0.3 is 0 Å². The first-order valence-corrected chi connectivity index (χ1v) is 14.4. The van der Waals surface area contributed by atoms with Crippen LogP contribution in [0.1, 0.15) is 44.2 Å². The molecule has 2 aliphatic heterocycles. The topological polar surface area (TPSA) is 60.9 Å². The van der Waals surface area contributed by atoms with Crippen LogP contribution < -0.4 is 0 Å². The Morgan fingerprint density at radius 2 is 1.66 bits per heavy atom. The molecule has 0 spiro atoms. The quantitative estimate of drug-likeness (QED) is 0.416. The van der Waals surface area contributed by atoms with E-state index in [1.165, 1.54) is 19.1 Å². The van der Waals surface area contributed by atoms with Gasteiger partial charge in [-0.15, -0.1) is 0 Å². The van der Waals surface area contributed by atoms with E-state index in [4.69, 9.17) is 0 Å². The van der Waals surface area contributed by atoms with Crippen molar-refractivity contribution in [2.24, 2.45) is 5.92 Å². The molecule has 0 aliphatic carbocycles. The van der Waals surface area contributed by atoms with Crippen LogP contribution in [0.3, 0.4) is 0 Å². The zero-order valence-electron chi connectivity index (χ0n) is 23.9. The molecule has 5 rings (SSSR count). The normalized spacial score (nSPS) is 22.2. The second-order valence-electron chi connectivity index (χ2n) is 11.4. The van der Waals surface area contributed by atoms with Crippen molar-refractivity contribution in [1.29, 1.82) is 0 Å². The van der Waals surface area contributed by atoms with Gasteiger partial charge in [-0.1, -0.05) is 55.5 Å². The van der Waals surface area contributed by atoms with Crippen molar-refractivity contribution in [2.75, 3.05) is 32.7 Å². The summed E-state index contributed by atoms with van der Waals surface area (Å²) >= 11 is 0. The van der Waals surface area contributed by atoms with Crippen molar-refractivity contribution in [3.05, 3.63) is 83.4 Å². The van der Waals surface area contributed by atoms with Gasteiger partial charge in [0.15, 0.2) is 0 Å². The molecule has 0 N–H and O–H groups in total. The summed E-state index contributed by atoms with van der Waals surface area (Å²) in [5.74, 6) is -2.77. The van der Waals surface area contributed by atoms with Gasteiger partial charge in [0.25, 0.3) is 0 Å². The first-order valence-electron chi connectivity index (χ1n) is 14.4. The number of rotatable bonds is 7. The van der Waals surface area contributed by atoms with Crippen LogP contribution in [-0.4, -0.2) is 77.1 Å². The number of hydrogen-bond donors (Lipinski definition) is 0. The molecule has 0 bridgehead atoms. The summed E-state index contributed by atoms with van der Waals surface area (Å²) in [6, 6.07) is 17.4. The average molecular weight is 562 g/mol. The first kappa shape index (κ1) is 28.9. The molecule has 2 fully saturated rings. The van der Waals surface area contributed by atoms with E-state index in [0.717, 1.165) is 22.4 Å². The highest BCUT2D eigenvalue weighted by molar-refractivity contribution is 5.85. The Balaban J connectivity index is 1.34. The lowest BCUT2D eigenvalue weighted by Crippen LogP contribution is -2.60. The number of carbonyl (C=O) groups excluding carboxylic acids is 3. The number of Topliss-reactive ketones (excluding diaryl/α,β-unsaturated/α-hetero) is 1. The predicted molar refractivity (Wildman–Crippen MR) is 154 cm³/mol. The maximum absolute atomic E-state index is 14.8. The van der Waals surface area contributed by atoms with Crippen LogP contribution >= 0.6 is 0 Å². The Kier molecular flexibility index (Phi) is 8.50. The van der Waals surface area contributed by atoms with Crippen LogP contribution in [0.5, 0.6) is 0 Å². The van der Waals surface area contributed by atoms with Gasteiger partial charge in [0.2, 0.25) is 11.8 Å². The summed E-state index contributed by atoms with van der Waals surface area (Å²) < 4.78 is 28.5. The fraction of sp³-hybridized carbons (Fsp3) is 0.424. The fourth-order valence-corrected chi connectivity index (χ4v) is 6.56. The zero-order chi connectivity index (χ0) is 29.3. The molecule has 0 aromatic heterocycles. The number of carbonyl (C=O) groups is 3. The van der Waals surface area contributed by atoms with E-state index in [1.54, 1.807) is 11.8 Å². The number of piperazine rings is 1. The maximum atomic E-state index is 14.8. The van der Waals surface area contributed by atoms with Crippen LogP contribution in [0.15, 0.2) is 60.7 Å². The third-order valence-corrected chi connectivity index (χ3v) is 8.87. The minimum atomic E-state index is -0.701. The van der Waals surface area contributed by atoms with Gasteiger partial charge in [-0.2, -0.15) is 0 Å². The van der Waals surface area contributed by atoms with Crippen LogP contribution in [0, 0.1) is 17.6 Å². The Labute approximate surface area is 239 Å². The van der Waals surface area contributed by atoms with Crippen LogP contribution in [0.2, 0.25) is 0 Å². The molecule has 216 valence electrons. The lowest BCUT2D eigenvalue weighted by molar-refractivity contribution is -0.142. The molecule has 0 saturated carbocycles. The number of halogens is 2. The molecule has 2 aliphatic rings. The van der Waals surface area contributed by atoms with Gasteiger partial charge in [0.1, 0.15) is 17.4 Å². The van der Waals surface area contributed by atoms with Crippen molar-refractivity contribution in [1.82, 2.24) is 14.7 Å². The standard InChI is InChI=1S/C33H37F2N3O3/c1-4-27-18-36(32(21(2)39)16-23-9-10-24-7-5-6-8-25(24)15-23)13-14-38(27)33(41)30-20-37(22(3)40)19-29(30)28-12-11-26(34)17-31(28)35/h5-12,15,17,27,29-30,32H,4,13-14,16,18-20H2,1-3H3/t27-,29-,30+,32-/m0/s1. The smallest absolute Gasteiger partial charge is 0.228 e. The van der Waals surface area contributed by atoms with Crippen molar-refractivity contribution >= 4 is 28.4 Å². The summed E-state index contributed by atoms with van der Waals surface area (Å²) in [4.78, 5) is 44.7. The molecule has 8 heteroatoms. The van der Waals surface area contributed by atoms with Crippen LogP contribution in [0.25, 0.3) is 10.8 Å². The molecule has 2 amide bonds. The Morgan fingerprint density at radius 3 is 2.34 bits per heavy atom. The van der Waals surface area contributed by atoms with E-state index in [2.05, 4.69) is 35.2 Å². The molecule has 6 nitrogen and oxygen atoms in total. The number of ketones is 1. The highest BCUT2D eigenvalue weighted by Gasteiger charge is 2.45. The SMILES string of the molecule is CC[C@H]1CN([C@@H](Cc2ccc3ccccc3c2)C(C)=O)CCN1C(=O)[C@@H]1CN(C(C)=O)C[C@H]1c1ccc(F)cc1F. The van der Waals surface area contributed by atoms with Crippen molar-refractivity contribution < 1.29 is 23.2 Å². The van der Waals surface area contributed by atoms with Crippen molar-refractivity contribution in [3.63, 3.8) is 0 Å². The van der Waals surface area contributed by atoms with Crippen LogP contribution in [-0.2, 0) is 20.8 Å². The third kappa shape index (κ3) is 6.03. The number of fused-ring (bicyclic) bond motifs is 1. The molecule has 0 radical (unpaired) electrons. The van der Waals surface area contributed by atoms with E-state index in [0.29, 0.717) is 32.5 Å². The minimum Gasteiger partial charge on any atom is -0.341 e. The third-order valence-electron chi connectivity index (χ3n) is 8.87. The number of amides is 2. The largest absolute Gasteiger partial charge is 0.341 e. The number of nitrogens with zero attached hydrogens (tertiary/aromatic N) is 3. The lowest BCUT2D eigenvalue weighted by Gasteiger charge is -2.45. The van der Waals surface area contributed by atoms with E-state index < -0.39 is 23.5 Å². The van der Waals surface area contributed by atoms with Gasteiger partial charge in [0.05, 0.1) is 12.0 Å². The predicted octanol–water partition coefficient (Wildman–Crippen LogP) is 4.80. The summed E-state index contributed by atoms with van der Waals surface area (Å²) in [6.07, 6.45) is 1.29. The molecule has 41 heavy (non-hydrogen) atoms. The summed E-state index contributed by atoms with van der Waals surface area (Å²) in [5, 5.41) is 2.29. The van der Waals surface area contributed by atoms with Gasteiger partial charge in [-0.3, -0.25) is 19.3 Å². The van der Waals surface area contributed by atoms with E-state index in [-0.39, 0.29) is 48.3 Å². The van der Waals surface area contributed by atoms with E-state index in [1.807, 2.05) is 24.0 Å². The molecule has 2 heterocycles. The van der Waals surface area contributed by atoms with Gasteiger partial charge in [0, 0.05) is 57.7 Å². The number of benzene rings is 3. The lowest BCUT2D eigenvalue weighted by atomic mass is 9.86. The summed E-state index contributed by atoms with van der Waals surface area (Å²) in [7, 11) is 0. The highest BCUT2D eigenvalue weighted by atomic mass is 19.1. The maximum Gasteiger partial charge on any atom is 0.228 e.